The molecule has 1 aromatic carbocycles. The molecule has 0 radical (unpaired) electrons. The highest BCUT2D eigenvalue weighted by molar-refractivity contribution is 5.85. The van der Waals surface area contributed by atoms with Crippen molar-refractivity contribution in [2.45, 2.75) is 31.9 Å². The van der Waals surface area contributed by atoms with Crippen LogP contribution in [0.15, 0.2) is 24.3 Å². The lowest BCUT2D eigenvalue weighted by Gasteiger charge is -2.21. The van der Waals surface area contributed by atoms with Gasteiger partial charge in [0.2, 0.25) is 5.91 Å². The summed E-state index contributed by atoms with van der Waals surface area (Å²) >= 11 is 0. The Morgan fingerprint density at radius 1 is 1.45 bits per heavy atom. The van der Waals surface area contributed by atoms with E-state index in [-0.39, 0.29) is 18.4 Å². The molecule has 1 aliphatic heterocycles. The molecule has 1 fully saturated rings. The van der Waals surface area contributed by atoms with Gasteiger partial charge in [0.25, 0.3) is 0 Å². The quantitative estimate of drug-likeness (QED) is 0.899. The lowest BCUT2D eigenvalue weighted by molar-refractivity contribution is -0.148. The Morgan fingerprint density at radius 2 is 2.20 bits per heavy atom. The molecule has 1 aliphatic rings. The van der Waals surface area contributed by atoms with Crippen LogP contribution in [-0.2, 0) is 20.7 Å². The number of benzene rings is 1. The molecule has 1 aromatic rings. The van der Waals surface area contributed by atoms with Gasteiger partial charge < -0.3 is 14.7 Å². The minimum atomic E-state index is -0.970. The predicted molar refractivity (Wildman–Crippen MR) is 73.4 cm³/mol. The van der Waals surface area contributed by atoms with Gasteiger partial charge in [0, 0.05) is 20.1 Å². The summed E-state index contributed by atoms with van der Waals surface area (Å²) < 4.78 is 5.18. The summed E-state index contributed by atoms with van der Waals surface area (Å²) in [4.78, 5) is 25.0. The molecule has 0 aliphatic carbocycles. The van der Waals surface area contributed by atoms with E-state index in [0.29, 0.717) is 13.0 Å². The van der Waals surface area contributed by atoms with Crippen molar-refractivity contribution >= 4 is 11.9 Å². The number of aryl methyl sites for hydroxylation is 1. The molecule has 5 nitrogen and oxygen atoms in total. The predicted octanol–water partition coefficient (Wildman–Crippen LogP) is 1.24. The summed E-state index contributed by atoms with van der Waals surface area (Å²) in [5.74, 6) is -1.13. The van der Waals surface area contributed by atoms with Crippen LogP contribution in [0.5, 0.6) is 0 Å². The molecule has 1 heterocycles. The first kappa shape index (κ1) is 14.5. The number of carboxylic acids is 1. The van der Waals surface area contributed by atoms with E-state index in [1.54, 1.807) is 0 Å². The Bertz CT molecular complexity index is 514. The van der Waals surface area contributed by atoms with E-state index in [0.717, 1.165) is 11.1 Å². The van der Waals surface area contributed by atoms with E-state index in [1.165, 1.54) is 12.0 Å². The van der Waals surface area contributed by atoms with Gasteiger partial charge in [-0.2, -0.15) is 0 Å². The zero-order valence-electron chi connectivity index (χ0n) is 11.7. The Balaban J connectivity index is 2.09. The van der Waals surface area contributed by atoms with Crippen molar-refractivity contribution in [3.05, 3.63) is 35.4 Å². The van der Waals surface area contributed by atoms with Crippen LogP contribution in [0.4, 0.5) is 0 Å². The highest BCUT2D eigenvalue weighted by atomic mass is 16.5. The molecule has 2 unspecified atom stereocenters. The molecule has 108 valence electrons. The first-order chi connectivity index (χ1) is 9.51. The van der Waals surface area contributed by atoms with Gasteiger partial charge in [-0.05, 0) is 12.5 Å². The number of rotatable bonds is 4. The Labute approximate surface area is 118 Å². The molecule has 1 saturated heterocycles. The summed E-state index contributed by atoms with van der Waals surface area (Å²) in [5, 5.41) is 9.21. The Morgan fingerprint density at radius 3 is 2.80 bits per heavy atom. The zero-order chi connectivity index (χ0) is 14.7. The second-order valence-corrected chi connectivity index (χ2v) is 5.16. The summed E-state index contributed by atoms with van der Waals surface area (Å²) in [5.41, 5.74) is 1.99. The highest BCUT2D eigenvalue weighted by Gasteiger charge is 2.39. The molecule has 0 aromatic heterocycles. The number of carboxylic acid groups (broad SMARTS) is 1. The zero-order valence-corrected chi connectivity index (χ0v) is 11.7. The minimum absolute atomic E-state index is 0.164. The van der Waals surface area contributed by atoms with Gasteiger partial charge in [0.1, 0.15) is 6.04 Å². The average Bonchev–Trinajstić information content (AvgIpc) is 2.83. The van der Waals surface area contributed by atoms with Gasteiger partial charge in [-0.3, -0.25) is 4.79 Å². The third kappa shape index (κ3) is 3.17. The van der Waals surface area contributed by atoms with Crippen LogP contribution < -0.4 is 0 Å². The smallest absolute Gasteiger partial charge is 0.326 e. The van der Waals surface area contributed by atoms with Crippen LogP contribution in [0, 0.1) is 6.92 Å². The number of nitrogens with zero attached hydrogens (tertiary/aromatic N) is 1. The maximum Gasteiger partial charge on any atom is 0.326 e. The van der Waals surface area contributed by atoms with Gasteiger partial charge in [0.15, 0.2) is 0 Å². The summed E-state index contributed by atoms with van der Waals surface area (Å²) in [6.45, 7) is 2.31. The van der Waals surface area contributed by atoms with Gasteiger partial charge in [-0.25, -0.2) is 4.79 Å². The fraction of sp³-hybridized carbons (Fsp3) is 0.467. The van der Waals surface area contributed by atoms with E-state index in [9.17, 15) is 14.7 Å². The van der Waals surface area contributed by atoms with Crippen LogP contribution >= 0.6 is 0 Å². The molecule has 2 rings (SSSR count). The number of carbonyl (C=O) groups excluding carboxylic acids is 1. The number of hydrogen-bond acceptors (Lipinski definition) is 3. The van der Waals surface area contributed by atoms with E-state index in [2.05, 4.69) is 0 Å². The van der Waals surface area contributed by atoms with Crippen LogP contribution in [-0.4, -0.2) is 47.7 Å². The number of ether oxygens (including phenoxy) is 1. The van der Waals surface area contributed by atoms with Gasteiger partial charge in [0.05, 0.1) is 12.5 Å². The number of hydrogen-bond donors (Lipinski definition) is 1. The maximum absolute atomic E-state index is 12.3. The molecule has 2 atom stereocenters. The van der Waals surface area contributed by atoms with E-state index in [4.69, 9.17) is 4.74 Å². The molecular formula is C15H19NO4. The van der Waals surface area contributed by atoms with Crippen molar-refractivity contribution in [3.63, 3.8) is 0 Å². The van der Waals surface area contributed by atoms with Crippen molar-refractivity contribution in [2.75, 3.05) is 13.7 Å². The number of methoxy groups -OCH3 is 1. The number of carbonyl (C=O) groups is 2. The molecule has 20 heavy (non-hydrogen) atoms. The second-order valence-electron chi connectivity index (χ2n) is 5.16. The third-order valence-electron chi connectivity index (χ3n) is 3.64. The number of amides is 1. The van der Waals surface area contributed by atoms with E-state index < -0.39 is 12.0 Å². The van der Waals surface area contributed by atoms with Crippen molar-refractivity contribution in [2.24, 2.45) is 0 Å². The summed E-state index contributed by atoms with van der Waals surface area (Å²) in [6.07, 6.45) is 0.380. The molecule has 1 amide bonds. The Hall–Kier alpha value is -1.88. The molecule has 0 spiro atoms. The monoisotopic (exact) mass is 277 g/mol. The van der Waals surface area contributed by atoms with Crippen molar-refractivity contribution in [1.82, 2.24) is 4.90 Å². The summed E-state index contributed by atoms with van der Waals surface area (Å²) in [6, 6.07) is 6.90. The lowest BCUT2D eigenvalue weighted by Crippen LogP contribution is -2.41. The second kappa shape index (κ2) is 6.05. The molecule has 0 bridgehead atoms. The van der Waals surface area contributed by atoms with Crippen LogP contribution in [0.1, 0.15) is 17.5 Å². The lowest BCUT2D eigenvalue weighted by atomic mass is 10.1. The van der Waals surface area contributed by atoms with E-state index in [1.807, 2.05) is 31.2 Å². The van der Waals surface area contributed by atoms with Gasteiger partial charge >= 0.3 is 5.97 Å². The topological polar surface area (TPSA) is 66.8 Å². The molecular weight excluding hydrogens is 258 g/mol. The highest BCUT2D eigenvalue weighted by Crippen LogP contribution is 2.21. The fourth-order valence-electron chi connectivity index (χ4n) is 2.58. The van der Waals surface area contributed by atoms with Crippen molar-refractivity contribution in [1.29, 1.82) is 0 Å². The van der Waals surface area contributed by atoms with Crippen molar-refractivity contribution in [3.8, 4) is 0 Å². The SMILES string of the molecule is COC1CC(C(=O)O)N(C(=O)Cc2cccc(C)c2)C1. The average molecular weight is 277 g/mol. The van der Waals surface area contributed by atoms with Gasteiger partial charge in [-0.15, -0.1) is 0 Å². The van der Waals surface area contributed by atoms with Crippen LogP contribution in [0.3, 0.4) is 0 Å². The first-order valence-corrected chi connectivity index (χ1v) is 6.62. The molecule has 1 N–H and O–H groups in total. The normalized spacial score (nSPS) is 22.0. The Kier molecular flexibility index (Phi) is 4.39. The maximum atomic E-state index is 12.3. The first-order valence-electron chi connectivity index (χ1n) is 6.62. The standard InChI is InChI=1S/C15H19NO4/c1-10-4-3-5-11(6-10)7-14(17)16-9-12(20-2)8-13(16)15(18)19/h3-6,12-13H,7-9H2,1-2H3,(H,18,19). The van der Waals surface area contributed by atoms with Crippen molar-refractivity contribution < 1.29 is 19.4 Å². The third-order valence-corrected chi connectivity index (χ3v) is 3.64. The fourth-order valence-corrected chi connectivity index (χ4v) is 2.58. The largest absolute Gasteiger partial charge is 0.480 e. The van der Waals surface area contributed by atoms with E-state index >= 15 is 0 Å². The van der Waals surface area contributed by atoms with Gasteiger partial charge in [-0.1, -0.05) is 29.8 Å². The number of aliphatic carboxylic acids is 1. The molecule has 0 saturated carbocycles. The number of likely N-dealkylation sites (tertiary alicyclic amines) is 1. The molecule has 5 heteroatoms. The summed E-state index contributed by atoms with van der Waals surface area (Å²) in [7, 11) is 1.54. The van der Waals surface area contributed by atoms with Crippen LogP contribution in [0.25, 0.3) is 0 Å². The minimum Gasteiger partial charge on any atom is -0.480 e. The van der Waals surface area contributed by atoms with Crippen LogP contribution in [0.2, 0.25) is 0 Å².